The molecule has 9 heteroatoms. The van der Waals surface area contributed by atoms with Gasteiger partial charge in [-0.3, -0.25) is 14.4 Å². The van der Waals surface area contributed by atoms with Crippen LogP contribution in [0.1, 0.15) is 63.0 Å². The molecule has 1 atom stereocenters. The molecular formula is C26H28FN5O3. The van der Waals surface area contributed by atoms with Crippen LogP contribution < -0.4 is 16.4 Å². The third kappa shape index (κ3) is 6.69. The predicted octanol–water partition coefficient (Wildman–Crippen LogP) is 3.01. The Morgan fingerprint density at radius 1 is 0.886 bits per heavy atom. The summed E-state index contributed by atoms with van der Waals surface area (Å²) in [4.78, 5) is 44.6. The summed E-state index contributed by atoms with van der Waals surface area (Å²) in [6.07, 6.45) is 1.15. The first-order valence-electron chi connectivity index (χ1n) is 11.2. The Morgan fingerprint density at radius 3 is 1.94 bits per heavy atom. The number of nitrogens with zero attached hydrogens (tertiary/aromatic N) is 2. The number of nitrogens with one attached hydrogen (secondary N) is 2. The van der Waals surface area contributed by atoms with Gasteiger partial charge < -0.3 is 16.4 Å². The molecule has 0 fully saturated rings. The van der Waals surface area contributed by atoms with Gasteiger partial charge in [0, 0.05) is 19.2 Å². The van der Waals surface area contributed by atoms with Crippen molar-refractivity contribution in [1.82, 2.24) is 20.6 Å². The van der Waals surface area contributed by atoms with Crippen molar-refractivity contribution in [3.8, 4) is 0 Å². The van der Waals surface area contributed by atoms with Crippen molar-refractivity contribution in [2.45, 2.75) is 39.8 Å². The van der Waals surface area contributed by atoms with Gasteiger partial charge in [-0.2, -0.15) is 0 Å². The van der Waals surface area contributed by atoms with Gasteiger partial charge in [-0.25, -0.2) is 14.4 Å². The van der Waals surface area contributed by atoms with Crippen molar-refractivity contribution >= 4 is 17.7 Å². The molecule has 0 spiro atoms. The number of halogens is 1. The van der Waals surface area contributed by atoms with E-state index in [9.17, 15) is 18.8 Å². The highest BCUT2D eigenvalue weighted by atomic mass is 19.1. The van der Waals surface area contributed by atoms with E-state index < -0.39 is 11.8 Å². The van der Waals surface area contributed by atoms with Crippen molar-refractivity contribution < 1.29 is 18.8 Å². The number of carbonyl (C=O) groups excluding carboxylic acids is 3. The van der Waals surface area contributed by atoms with Gasteiger partial charge in [-0.15, -0.1) is 0 Å². The molecule has 3 amide bonds. The van der Waals surface area contributed by atoms with Gasteiger partial charge in [0.1, 0.15) is 23.5 Å². The molecule has 1 heterocycles. The summed E-state index contributed by atoms with van der Waals surface area (Å²) in [5.41, 5.74) is 8.48. The van der Waals surface area contributed by atoms with Gasteiger partial charge in [0.25, 0.3) is 11.8 Å². The molecule has 0 aliphatic carbocycles. The molecule has 0 saturated heterocycles. The van der Waals surface area contributed by atoms with E-state index in [2.05, 4.69) is 20.6 Å². The molecule has 1 unspecified atom stereocenters. The number of aromatic nitrogens is 2. The lowest BCUT2D eigenvalue weighted by atomic mass is 9.87. The van der Waals surface area contributed by atoms with Gasteiger partial charge in [0.2, 0.25) is 5.91 Å². The first kappa shape index (κ1) is 25.5. The lowest BCUT2D eigenvalue weighted by Gasteiger charge is -2.18. The number of nitrogens with two attached hydrogens (primary N) is 1. The first-order chi connectivity index (χ1) is 16.7. The lowest BCUT2D eigenvalue weighted by Crippen LogP contribution is -2.27. The normalized spacial score (nSPS) is 11.7. The van der Waals surface area contributed by atoms with Gasteiger partial charge in [0.05, 0.1) is 5.92 Å². The van der Waals surface area contributed by atoms with Crippen LogP contribution in [0.25, 0.3) is 0 Å². The minimum Gasteiger partial charge on any atom is -0.369 e. The van der Waals surface area contributed by atoms with Gasteiger partial charge in [0.15, 0.2) is 0 Å². The van der Waals surface area contributed by atoms with E-state index in [1.165, 1.54) is 12.1 Å². The number of rotatable bonds is 9. The largest absolute Gasteiger partial charge is 0.369 e. The summed E-state index contributed by atoms with van der Waals surface area (Å²) in [5, 5.41) is 5.46. The zero-order valence-corrected chi connectivity index (χ0v) is 19.8. The molecule has 0 bridgehead atoms. The van der Waals surface area contributed by atoms with Crippen LogP contribution in [0.5, 0.6) is 0 Å². The van der Waals surface area contributed by atoms with Crippen LogP contribution in [-0.2, 0) is 17.9 Å². The number of benzene rings is 2. The number of aryl methyl sites for hydroxylation is 1. The minimum absolute atomic E-state index is 0.0412. The van der Waals surface area contributed by atoms with Crippen LogP contribution in [0.2, 0.25) is 0 Å². The quantitative estimate of drug-likeness (QED) is 0.437. The summed E-state index contributed by atoms with van der Waals surface area (Å²) >= 11 is 0. The average Bonchev–Trinajstić information content (AvgIpc) is 2.83. The third-order valence-electron chi connectivity index (χ3n) is 5.57. The fraction of sp³-hybridized carbons (Fsp3) is 0.269. The zero-order chi connectivity index (χ0) is 25.5. The highest BCUT2D eigenvalue weighted by Gasteiger charge is 2.21. The lowest BCUT2D eigenvalue weighted by molar-refractivity contribution is -0.120. The summed E-state index contributed by atoms with van der Waals surface area (Å²) < 4.78 is 13.4. The second-order valence-corrected chi connectivity index (χ2v) is 8.60. The van der Waals surface area contributed by atoms with Crippen molar-refractivity contribution in [2.75, 3.05) is 0 Å². The van der Waals surface area contributed by atoms with Gasteiger partial charge >= 0.3 is 0 Å². The average molecular weight is 478 g/mol. The fourth-order valence-electron chi connectivity index (χ4n) is 3.69. The summed E-state index contributed by atoms with van der Waals surface area (Å²) in [6.45, 7) is 5.94. The molecular weight excluding hydrogens is 449 g/mol. The number of amides is 3. The molecule has 35 heavy (non-hydrogen) atoms. The van der Waals surface area contributed by atoms with E-state index in [1.807, 2.05) is 38.1 Å². The smallest absolute Gasteiger partial charge is 0.270 e. The number of carbonyl (C=O) groups is 3. The van der Waals surface area contributed by atoms with E-state index in [-0.39, 0.29) is 48.0 Å². The standard InChI is InChI=1S/C26H28FN5O3/c1-15(2)23(24(28)33)19-7-4-17(5-8-19)12-29-25(34)21-11-22(32-14-31-21)26(35)30-13-18-6-9-20(27)16(3)10-18/h4-11,14-15,23H,12-13H2,1-3H3,(H2,28,33)(H,29,34)(H,30,35). The zero-order valence-electron chi connectivity index (χ0n) is 19.8. The molecule has 8 nitrogen and oxygen atoms in total. The van der Waals surface area contributed by atoms with Crippen LogP contribution in [0.4, 0.5) is 4.39 Å². The molecule has 3 rings (SSSR count). The van der Waals surface area contributed by atoms with Crippen molar-refractivity contribution in [3.05, 3.63) is 94.3 Å². The van der Waals surface area contributed by atoms with E-state index in [4.69, 9.17) is 5.73 Å². The predicted molar refractivity (Wildman–Crippen MR) is 129 cm³/mol. The molecule has 0 aliphatic rings. The highest BCUT2D eigenvalue weighted by molar-refractivity contribution is 5.97. The van der Waals surface area contributed by atoms with Crippen molar-refractivity contribution in [3.63, 3.8) is 0 Å². The maximum Gasteiger partial charge on any atom is 0.270 e. The third-order valence-corrected chi connectivity index (χ3v) is 5.57. The molecule has 182 valence electrons. The number of primary amides is 1. The Morgan fingerprint density at radius 2 is 1.43 bits per heavy atom. The Hall–Kier alpha value is -4.14. The Balaban J connectivity index is 1.59. The Labute approximate surface area is 203 Å². The van der Waals surface area contributed by atoms with Gasteiger partial charge in [-0.05, 0) is 41.2 Å². The van der Waals surface area contributed by atoms with Crippen molar-refractivity contribution in [1.29, 1.82) is 0 Å². The van der Waals surface area contributed by atoms with Crippen LogP contribution in [0.3, 0.4) is 0 Å². The maximum absolute atomic E-state index is 13.4. The topological polar surface area (TPSA) is 127 Å². The molecule has 0 aliphatic heterocycles. The monoisotopic (exact) mass is 477 g/mol. The van der Waals surface area contributed by atoms with Crippen LogP contribution >= 0.6 is 0 Å². The maximum atomic E-state index is 13.4. The fourth-order valence-corrected chi connectivity index (χ4v) is 3.69. The molecule has 4 N–H and O–H groups in total. The van der Waals surface area contributed by atoms with Crippen molar-refractivity contribution in [2.24, 2.45) is 11.7 Å². The van der Waals surface area contributed by atoms with Crippen LogP contribution in [-0.4, -0.2) is 27.7 Å². The summed E-state index contributed by atoms with van der Waals surface area (Å²) in [7, 11) is 0. The van der Waals surface area contributed by atoms with E-state index in [1.54, 1.807) is 19.1 Å². The molecule has 2 aromatic carbocycles. The molecule has 0 radical (unpaired) electrons. The van der Waals surface area contributed by atoms with Crippen LogP contribution in [0.15, 0.2) is 54.9 Å². The number of hydrogen-bond donors (Lipinski definition) is 3. The first-order valence-corrected chi connectivity index (χ1v) is 11.2. The molecule has 3 aromatic rings. The van der Waals surface area contributed by atoms with Crippen LogP contribution in [0, 0.1) is 18.7 Å². The van der Waals surface area contributed by atoms with Gasteiger partial charge in [-0.1, -0.05) is 50.2 Å². The summed E-state index contributed by atoms with van der Waals surface area (Å²) in [6, 6.07) is 13.2. The molecule has 1 aromatic heterocycles. The van der Waals surface area contributed by atoms with E-state index in [0.717, 1.165) is 23.0 Å². The molecule has 0 saturated carbocycles. The highest BCUT2D eigenvalue weighted by Crippen LogP contribution is 2.24. The second-order valence-electron chi connectivity index (χ2n) is 8.60. The summed E-state index contributed by atoms with van der Waals surface area (Å²) in [5.74, 6) is -1.94. The second kappa shape index (κ2) is 11.3. The Bertz CT molecular complexity index is 1230. The minimum atomic E-state index is -0.479. The van der Waals surface area contributed by atoms with E-state index >= 15 is 0 Å². The Kier molecular flexibility index (Phi) is 8.25. The number of hydrogen-bond acceptors (Lipinski definition) is 5. The SMILES string of the molecule is Cc1cc(CNC(=O)c2cc(C(=O)NCc3ccc(C(C(N)=O)C(C)C)cc3)ncn2)ccc1F. The van der Waals surface area contributed by atoms with E-state index in [0.29, 0.717) is 5.56 Å².